The second-order valence-corrected chi connectivity index (χ2v) is 8.15. The summed E-state index contributed by atoms with van der Waals surface area (Å²) >= 11 is 0. The Hall–Kier alpha value is -2.44. The molecule has 2 aromatic heterocycles. The minimum atomic E-state index is -0.0308. The normalized spacial score (nSPS) is 21.6. The zero-order chi connectivity index (χ0) is 18.5. The van der Waals surface area contributed by atoms with E-state index in [0.29, 0.717) is 5.92 Å². The van der Waals surface area contributed by atoms with Gasteiger partial charge in [-0.2, -0.15) is 5.10 Å². The van der Waals surface area contributed by atoms with Gasteiger partial charge in [0.15, 0.2) is 5.82 Å². The van der Waals surface area contributed by atoms with Gasteiger partial charge in [0.05, 0.1) is 5.69 Å². The number of hydrogen-bond acceptors (Lipinski definition) is 5. The third-order valence-corrected chi connectivity index (χ3v) is 6.08. The number of fused-ring (bicyclic) bond motifs is 1. The maximum absolute atomic E-state index is 13.0. The van der Waals surface area contributed by atoms with Gasteiger partial charge >= 0.3 is 0 Å². The van der Waals surface area contributed by atoms with E-state index in [9.17, 15) is 4.79 Å². The first-order chi connectivity index (χ1) is 13.1. The number of nitrogens with zero attached hydrogens (tertiary/aromatic N) is 5. The van der Waals surface area contributed by atoms with Crippen LogP contribution in [0.2, 0.25) is 0 Å². The van der Waals surface area contributed by atoms with Crippen LogP contribution in [0.5, 0.6) is 0 Å². The van der Waals surface area contributed by atoms with E-state index in [4.69, 9.17) is 4.98 Å². The molecular formula is C20H26N6O. The molecular weight excluding hydrogens is 340 g/mol. The SMILES string of the molecule is Cc1nn(C)c(N2CCC2)c1NC(=O)C1CCc2nc(C3CC3)ncc2C1. The van der Waals surface area contributed by atoms with E-state index < -0.39 is 0 Å². The van der Waals surface area contributed by atoms with E-state index in [1.54, 1.807) is 0 Å². The van der Waals surface area contributed by atoms with E-state index in [-0.39, 0.29) is 11.8 Å². The van der Waals surface area contributed by atoms with Crippen LogP contribution in [-0.4, -0.2) is 38.7 Å². The molecule has 7 heteroatoms. The molecule has 1 saturated heterocycles. The van der Waals surface area contributed by atoms with Crippen LogP contribution in [0.25, 0.3) is 0 Å². The van der Waals surface area contributed by atoms with Gasteiger partial charge in [0, 0.05) is 43.9 Å². The minimum Gasteiger partial charge on any atom is -0.355 e. The first kappa shape index (κ1) is 16.7. The van der Waals surface area contributed by atoms with Crippen molar-refractivity contribution in [1.29, 1.82) is 0 Å². The van der Waals surface area contributed by atoms with Gasteiger partial charge in [-0.05, 0) is 51.0 Å². The number of aryl methyl sites for hydroxylation is 3. The highest BCUT2D eigenvalue weighted by Crippen LogP contribution is 2.39. The van der Waals surface area contributed by atoms with Crippen molar-refractivity contribution in [1.82, 2.24) is 19.7 Å². The van der Waals surface area contributed by atoms with E-state index in [1.807, 2.05) is 24.9 Å². The highest BCUT2D eigenvalue weighted by atomic mass is 16.1. The van der Waals surface area contributed by atoms with E-state index in [2.05, 4.69) is 20.3 Å². The van der Waals surface area contributed by atoms with Crippen LogP contribution in [-0.2, 0) is 24.7 Å². The molecule has 27 heavy (non-hydrogen) atoms. The fourth-order valence-corrected chi connectivity index (χ4v) is 4.19. The molecule has 0 bridgehead atoms. The Kier molecular flexibility index (Phi) is 3.91. The zero-order valence-corrected chi connectivity index (χ0v) is 16.0. The van der Waals surface area contributed by atoms with Crippen LogP contribution in [0.1, 0.15) is 54.4 Å². The quantitative estimate of drug-likeness (QED) is 0.899. The summed E-state index contributed by atoms with van der Waals surface area (Å²) in [5.74, 6) is 2.66. The van der Waals surface area contributed by atoms with Crippen LogP contribution >= 0.6 is 0 Å². The number of carbonyl (C=O) groups is 1. The third-order valence-electron chi connectivity index (χ3n) is 6.08. The highest BCUT2D eigenvalue weighted by molar-refractivity contribution is 5.96. The molecule has 3 aliphatic rings. The highest BCUT2D eigenvalue weighted by Gasteiger charge is 2.31. The average molecular weight is 366 g/mol. The summed E-state index contributed by atoms with van der Waals surface area (Å²) in [5.41, 5.74) is 4.03. The summed E-state index contributed by atoms with van der Waals surface area (Å²) in [5, 5.41) is 7.70. The van der Waals surface area contributed by atoms with Gasteiger partial charge in [0.1, 0.15) is 11.5 Å². The molecule has 2 aromatic rings. The predicted molar refractivity (Wildman–Crippen MR) is 103 cm³/mol. The van der Waals surface area contributed by atoms with Crippen LogP contribution in [0.15, 0.2) is 6.20 Å². The van der Waals surface area contributed by atoms with Gasteiger partial charge in [-0.15, -0.1) is 0 Å². The van der Waals surface area contributed by atoms with Crippen molar-refractivity contribution in [2.45, 2.75) is 51.4 Å². The molecule has 0 aromatic carbocycles. The molecule has 1 N–H and O–H groups in total. The second-order valence-electron chi connectivity index (χ2n) is 8.15. The first-order valence-corrected chi connectivity index (χ1v) is 10.0. The molecule has 3 heterocycles. The summed E-state index contributed by atoms with van der Waals surface area (Å²) in [6, 6.07) is 0. The fraction of sp³-hybridized carbons (Fsp3) is 0.600. The minimum absolute atomic E-state index is 0.0308. The molecule has 1 atom stereocenters. The number of aromatic nitrogens is 4. The molecule has 1 saturated carbocycles. The van der Waals surface area contributed by atoms with Crippen molar-refractivity contribution in [3.05, 3.63) is 29.0 Å². The Balaban J connectivity index is 1.32. The lowest BCUT2D eigenvalue weighted by molar-refractivity contribution is -0.120. The Morgan fingerprint density at radius 1 is 1.26 bits per heavy atom. The molecule has 142 valence electrons. The molecule has 1 unspecified atom stereocenters. The molecule has 1 aliphatic heterocycles. The number of anilines is 2. The van der Waals surface area contributed by atoms with Crippen molar-refractivity contribution in [2.75, 3.05) is 23.3 Å². The molecule has 0 radical (unpaired) electrons. The van der Waals surface area contributed by atoms with E-state index in [0.717, 1.165) is 66.6 Å². The Morgan fingerprint density at radius 3 is 2.78 bits per heavy atom. The van der Waals surface area contributed by atoms with Gasteiger partial charge in [0.2, 0.25) is 5.91 Å². The van der Waals surface area contributed by atoms with Gasteiger partial charge in [0.25, 0.3) is 0 Å². The lowest BCUT2D eigenvalue weighted by Crippen LogP contribution is -2.39. The summed E-state index contributed by atoms with van der Waals surface area (Å²) in [4.78, 5) is 24.6. The summed E-state index contributed by atoms with van der Waals surface area (Å²) in [6.07, 6.45) is 8.01. The lowest BCUT2D eigenvalue weighted by Gasteiger charge is -2.33. The van der Waals surface area contributed by atoms with Gasteiger partial charge in [-0.25, -0.2) is 9.97 Å². The van der Waals surface area contributed by atoms with Gasteiger partial charge < -0.3 is 10.2 Å². The van der Waals surface area contributed by atoms with Crippen molar-refractivity contribution in [3.8, 4) is 0 Å². The standard InChI is InChI=1S/C20H26N6O/c1-12-17(20(25(2)24-12)26-8-3-9-26)23-19(27)14-6-7-16-15(10-14)11-21-18(22-16)13-4-5-13/h11,13-14H,3-10H2,1-2H3,(H,23,27). The number of nitrogens with one attached hydrogen (secondary N) is 1. The molecule has 7 nitrogen and oxygen atoms in total. The molecule has 1 amide bonds. The second kappa shape index (κ2) is 6.32. The van der Waals surface area contributed by atoms with Crippen molar-refractivity contribution in [3.63, 3.8) is 0 Å². The van der Waals surface area contributed by atoms with Crippen LogP contribution in [0.4, 0.5) is 11.5 Å². The van der Waals surface area contributed by atoms with Crippen LogP contribution in [0.3, 0.4) is 0 Å². The van der Waals surface area contributed by atoms with Crippen LogP contribution in [0, 0.1) is 12.8 Å². The number of carbonyl (C=O) groups excluding carboxylic acids is 1. The largest absolute Gasteiger partial charge is 0.355 e. The summed E-state index contributed by atoms with van der Waals surface area (Å²) in [6.45, 7) is 4.01. The van der Waals surface area contributed by atoms with Gasteiger partial charge in [-0.1, -0.05) is 0 Å². The van der Waals surface area contributed by atoms with Crippen molar-refractivity contribution < 1.29 is 4.79 Å². The first-order valence-electron chi connectivity index (χ1n) is 10.0. The van der Waals surface area contributed by atoms with E-state index >= 15 is 0 Å². The number of hydrogen-bond donors (Lipinski definition) is 1. The monoisotopic (exact) mass is 366 g/mol. The lowest BCUT2D eigenvalue weighted by atomic mass is 9.86. The summed E-state index contributed by atoms with van der Waals surface area (Å²) < 4.78 is 1.88. The van der Waals surface area contributed by atoms with Crippen molar-refractivity contribution >= 4 is 17.4 Å². The maximum Gasteiger partial charge on any atom is 0.227 e. The average Bonchev–Trinajstić information content (AvgIpc) is 3.43. The van der Waals surface area contributed by atoms with Gasteiger partial charge in [-0.3, -0.25) is 9.48 Å². The molecule has 2 aliphatic carbocycles. The molecule has 0 spiro atoms. The van der Waals surface area contributed by atoms with Crippen LogP contribution < -0.4 is 10.2 Å². The summed E-state index contributed by atoms with van der Waals surface area (Å²) in [7, 11) is 1.95. The predicted octanol–water partition coefficient (Wildman–Crippen LogP) is 2.35. The number of amides is 1. The maximum atomic E-state index is 13.0. The Morgan fingerprint density at radius 2 is 2.07 bits per heavy atom. The smallest absolute Gasteiger partial charge is 0.227 e. The third kappa shape index (κ3) is 2.99. The molecule has 5 rings (SSSR count). The topological polar surface area (TPSA) is 75.9 Å². The number of rotatable bonds is 4. The zero-order valence-electron chi connectivity index (χ0n) is 16.0. The fourth-order valence-electron chi connectivity index (χ4n) is 4.19. The molecule has 2 fully saturated rings. The van der Waals surface area contributed by atoms with Crippen molar-refractivity contribution in [2.24, 2.45) is 13.0 Å². The van der Waals surface area contributed by atoms with E-state index in [1.165, 1.54) is 19.3 Å². The Bertz CT molecular complexity index is 896. The Labute approximate surface area is 159 Å².